The van der Waals surface area contributed by atoms with Gasteiger partial charge in [0.1, 0.15) is 0 Å². The first-order valence-electron chi connectivity index (χ1n) is 8.15. The van der Waals surface area contributed by atoms with Gasteiger partial charge in [-0.2, -0.15) is 0 Å². The van der Waals surface area contributed by atoms with Crippen LogP contribution in [0.15, 0.2) is 41.3 Å². The van der Waals surface area contributed by atoms with E-state index >= 15 is 0 Å². The number of sulfonamides is 1. The van der Waals surface area contributed by atoms with E-state index in [9.17, 15) is 13.5 Å². The summed E-state index contributed by atoms with van der Waals surface area (Å²) in [5.41, 5.74) is 0. The van der Waals surface area contributed by atoms with E-state index in [1.165, 1.54) is 12.1 Å². The number of aliphatic hydroxyl groups excluding tert-OH is 1. The molecule has 0 amide bonds. The summed E-state index contributed by atoms with van der Waals surface area (Å²) in [5.74, 6) is 1.80. The minimum atomic E-state index is -3.67. The van der Waals surface area contributed by atoms with Crippen LogP contribution >= 0.6 is 0 Å². The molecular weight excluding hydrogens is 565 g/mol. The Morgan fingerprint density at radius 2 is 1.64 bits per heavy atom. The SMILES string of the molecule is COc1cc([Te]C[C@@H](O)C[Se]c2ccc(S(N)(=O)=O)cc2)cc(OC)c1OC. The summed E-state index contributed by atoms with van der Waals surface area (Å²) in [6.45, 7) is 0. The summed E-state index contributed by atoms with van der Waals surface area (Å²) in [6.07, 6.45) is -0.403. The first kappa shape index (κ1) is 23.3. The molecule has 0 saturated carbocycles. The quantitative estimate of drug-likeness (QED) is 0.377. The Kier molecular flexibility index (Phi) is 8.90. The van der Waals surface area contributed by atoms with Gasteiger partial charge in [0.2, 0.25) is 0 Å². The molecule has 0 aliphatic rings. The van der Waals surface area contributed by atoms with Crippen LogP contribution in [-0.4, -0.2) is 76.8 Å². The number of aliphatic hydroxyl groups is 1. The fourth-order valence-electron chi connectivity index (χ4n) is 2.30. The molecule has 3 N–H and O–H groups in total. The van der Waals surface area contributed by atoms with Crippen molar-refractivity contribution in [2.24, 2.45) is 5.14 Å². The predicted molar refractivity (Wildman–Crippen MR) is 110 cm³/mol. The van der Waals surface area contributed by atoms with Gasteiger partial charge in [-0.05, 0) is 0 Å². The number of methoxy groups -OCH3 is 3. The van der Waals surface area contributed by atoms with Crippen LogP contribution in [0.3, 0.4) is 0 Å². The molecule has 154 valence electrons. The average Bonchev–Trinajstić information content (AvgIpc) is 2.69. The van der Waals surface area contributed by atoms with Crippen molar-refractivity contribution in [3.05, 3.63) is 36.4 Å². The molecule has 0 radical (unpaired) electrons. The van der Waals surface area contributed by atoms with Crippen molar-refractivity contribution < 1.29 is 27.7 Å². The standard InChI is InChI=1S/C18H23NO6SSeTe/c1-23-16-8-15(9-17(24-2)18(16)25-3)28-11-12(20)10-27-14-6-4-13(5-7-14)26(19,21)22/h4-9,12,20H,10-11H2,1-3H3,(H2,19,21,22)/t12-/m0/s1. The van der Waals surface area contributed by atoms with Crippen molar-refractivity contribution in [3.8, 4) is 17.2 Å². The number of benzene rings is 2. The molecule has 0 unspecified atom stereocenters. The van der Waals surface area contributed by atoms with Gasteiger partial charge in [0, 0.05) is 0 Å². The van der Waals surface area contributed by atoms with Crippen LogP contribution in [0.1, 0.15) is 0 Å². The van der Waals surface area contributed by atoms with Crippen molar-refractivity contribution >= 4 is 54.0 Å². The second-order valence-electron chi connectivity index (χ2n) is 5.65. The van der Waals surface area contributed by atoms with Crippen molar-refractivity contribution in [1.29, 1.82) is 0 Å². The zero-order chi connectivity index (χ0) is 20.7. The first-order chi connectivity index (χ1) is 13.3. The van der Waals surface area contributed by atoms with E-state index in [1.807, 2.05) is 12.1 Å². The summed E-state index contributed by atoms with van der Waals surface area (Å²) < 4.78 is 41.5. The Labute approximate surface area is 181 Å². The molecule has 2 rings (SSSR count). The Morgan fingerprint density at radius 3 is 2.11 bits per heavy atom. The Hall–Kier alpha value is -0.981. The van der Waals surface area contributed by atoms with Gasteiger partial charge < -0.3 is 0 Å². The average molecular weight is 588 g/mol. The number of ether oxygens (including phenoxy) is 3. The van der Waals surface area contributed by atoms with E-state index < -0.39 is 37.1 Å². The molecule has 10 heteroatoms. The van der Waals surface area contributed by atoms with Gasteiger partial charge in [-0.15, -0.1) is 0 Å². The summed E-state index contributed by atoms with van der Waals surface area (Å²) in [6, 6.07) is 10.4. The van der Waals surface area contributed by atoms with Crippen molar-refractivity contribution in [2.75, 3.05) is 21.3 Å². The number of rotatable bonds is 10. The molecule has 0 aromatic heterocycles. The minimum absolute atomic E-state index is 0.0541. The van der Waals surface area contributed by atoms with Gasteiger partial charge in [0.25, 0.3) is 0 Å². The molecule has 0 saturated heterocycles. The summed E-state index contributed by atoms with van der Waals surface area (Å²) in [5, 5.41) is 16.1. The fourth-order valence-corrected chi connectivity index (χ4v) is 8.12. The van der Waals surface area contributed by atoms with E-state index in [1.54, 1.807) is 33.5 Å². The summed E-state index contributed by atoms with van der Waals surface area (Å²) in [7, 11) is 1.06. The normalized spacial score (nSPS) is 12.5. The van der Waals surface area contributed by atoms with E-state index in [2.05, 4.69) is 0 Å². The van der Waals surface area contributed by atoms with Gasteiger partial charge in [0.15, 0.2) is 0 Å². The molecule has 7 nitrogen and oxygen atoms in total. The number of hydrogen-bond donors (Lipinski definition) is 2. The molecule has 0 heterocycles. The maximum atomic E-state index is 11.3. The molecule has 0 aliphatic heterocycles. The van der Waals surface area contributed by atoms with Crippen molar-refractivity contribution in [2.45, 2.75) is 20.8 Å². The van der Waals surface area contributed by atoms with Gasteiger partial charge in [0.05, 0.1) is 0 Å². The van der Waals surface area contributed by atoms with Gasteiger partial charge in [-0.25, -0.2) is 0 Å². The van der Waals surface area contributed by atoms with Crippen LogP contribution in [0.5, 0.6) is 17.2 Å². The second-order valence-corrected chi connectivity index (χ2v) is 12.6. The molecular formula is C18H23NO6SSeTe. The third kappa shape index (κ3) is 6.53. The van der Waals surface area contributed by atoms with Gasteiger partial charge >= 0.3 is 183 Å². The van der Waals surface area contributed by atoms with Crippen LogP contribution in [0.25, 0.3) is 0 Å². The third-order valence-corrected chi connectivity index (χ3v) is 10.2. The molecule has 0 aliphatic carbocycles. The van der Waals surface area contributed by atoms with Crippen molar-refractivity contribution in [3.63, 3.8) is 0 Å². The zero-order valence-electron chi connectivity index (χ0n) is 15.7. The topological polar surface area (TPSA) is 108 Å². The molecule has 0 bridgehead atoms. The second kappa shape index (κ2) is 10.7. The summed E-state index contributed by atoms with van der Waals surface area (Å²) >= 11 is -0.578. The van der Waals surface area contributed by atoms with Crippen LogP contribution in [0.4, 0.5) is 0 Å². The maximum absolute atomic E-state index is 11.3. The van der Waals surface area contributed by atoms with E-state index in [-0.39, 0.29) is 19.9 Å². The zero-order valence-corrected chi connectivity index (χ0v) is 20.6. The molecule has 28 heavy (non-hydrogen) atoms. The third-order valence-electron chi connectivity index (χ3n) is 3.68. The molecule has 0 spiro atoms. The van der Waals surface area contributed by atoms with E-state index in [4.69, 9.17) is 19.3 Å². The number of hydrogen-bond acceptors (Lipinski definition) is 6. The Balaban J connectivity index is 1.93. The predicted octanol–water partition coefficient (Wildman–Crippen LogP) is -0.0835. The Bertz CT molecular complexity index is 866. The van der Waals surface area contributed by atoms with Crippen LogP contribution < -0.4 is 27.4 Å². The van der Waals surface area contributed by atoms with Crippen molar-refractivity contribution in [1.82, 2.24) is 0 Å². The molecule has 0 fully saturated rings. The van der Waals surface area contributed by atoms with E-state index in [0.29, 0.717) is 22.6 Å². The Morgan fingerprint density at radius 1 is 1.07 bits per heavy atom. The van der Waals surface area contributed by atoms with Crippen LogP contribution in [0, 0.1) is 0 Å². The van der Waals surface area contributed by atoms with E-state index in [0.717, 1.165) is 12.5 Å². The summed E-state index contributed by atoms with van der Waals surface area (Å²) in [4.78, 5) is 0.0990. The number of nitrogens with two attached hydrogens (primary N) is 1. The van der Waals surface area contributed by atoms with Gasteiger partial charge in [-0.3, -0.25) is 0 Å². The molecule has 1 atom stereocenters. The monoisotopic (exact) mass is 591 g/mol. The van der Waals surface area contributed by atoms with Crippen LogP contribution in [-0.2, 0) is 10.0 Å². The molecule has 2 aromatic rings. The van der Waals surface area contributed by atoms with Crippen LogP contribution in [0.2, 0.25) is 9.79 Å². The van der Waals surface area contributed by atoms with Gasteiger partial charge in [-0.1, -0.05) is 0 Å². The first-order valence-corrected chi connectivity index (χ1v) is 14.6. The number of primary sulfonamides is 1. The molecule has 2 aromatic carbocycles. The fraction of sp³-hybridized carbons (Fsp3) is 0.333.